The average Bonchev–Trinajstić information content (AvgIpc) is 3.26. The van der Waals surface area contributed by atoms with E-state index in [0.717, 1.165) is 0 Å². The van der Waals surface area contributed by atoms with Gasteiger partial charge in [0.2, 0.25) is 11.8 Å². The van der Waals surface area contributed by atoms with Gasteiger partial charge < -0.3 is 19.6 Å². The number of hydrogen-bond acceptors (Lipinski definition) is 5. The van der Waals surface area contributed by atoms with Gasteiger partial charge in [-0.15, -0.1) is 6.42 Å². The predicted molar refractivity (Wildman–Crippen MR) is 134 cm³/mol. The second-order valence-electron chi connectivity index (χ2n) is 7.58. The van der Waals surface area contributed by atoms with Crippen molar-refractivity contribution in [3.05, 3.63) is 82.6 Å². The maximum absolute atomic E-state index is 14.7. The molecule has 0 aliphatic rings. The van der Waals surface area contributed by atoms with E-state index in [0.29, 0.717) is 38.6 Å². The summed E-state index contributed by atoms with van der Waals surface area (Å²) in [6.45, 7) is 0.0514. The molecule has 0 fully saturated rings. The van der Waals surface area contributed by atoms with Gasteiger partial charge in [-0.3, -0.25) is 9.59 Å². The summed E-state index contributed by atoms with van der Waals surface area (Å²) in [6, 6.07) is 13.9. The average molecular weight is 505 g/mol. The molecule has 1 amide bonds. The molecule has 7 nitrogen and oxygen atoms in total. The number of aromatic nitrogens is 1. The Morgan fingerprint density at radius 2 is 2.03 bits per heavy atom. The fraction of sp³-hybridized carbons (Fsp3) is 0.0741. The Kier molecular flexibility index (Phi) is 7.33. The zero-order valence-electron chi connectivity index (χ0n) is 18.6. The molecular weight excluding hydrogens is 487 g/mol. The van der Waals surface area contributed by atoms with E-state index < -0.39 is 17.7 Å². The molecule has 0 radical (unpaired) electrons. The van der Waals surface area contributed by atoms with Crippen LogP contribution in [0.15, 0.2) is 65.1 Å². The van der Waals surface area contributed by atoms with E-state index in [1.54, 1.807) is 42.5 Å². The van der Waals surface area contributed by atoms with Gasteiger partial charge in [0.05, 0.1) is 12.1 Å². The van der Waals surface area contributed by atoms with Crippen molar-refractivity contribution in [2.45, 2.75) is 6.42 Å². The maximum atomic E-state index is 14.7. The van der Waals surface area contributed by atoms with Crippen LogP contribution in [0.5, 0.6) is 5.75 Å². The number of benzene rings is 3. The van der Waals surface area contributed by atoms with Crippen LogP contribution in [-0.4, -0.2) is 28.6 Å². The number of rotatable bonds is 8. The second-order valence-corrected chi connectivity index (χ2v) is 8.02. The summed E-state index contributed by atoms with van der Waals surface area (Å²) in [4.78, 5) is 27.6. The lowest BCUT2D eigenvalue weighted by molar-refractivity contribution is -0.136. The molecule has 0 spiro atoms. The molecule has 2 N–H and O–H groups in total. The number of anilines is 1. The van der Waals surface area contributed by atoms with Crippen LogP contribution in [0, 0.1) is 18.2 Å². The van der Waals surface area contributed by atoms with E-state index in [4.69, 9.17) is 32.3 Å². The number of nitrogens with zero attached hydrogens (tertiary/aromatic N) is 1. The summed E-state index contributed by atoms with van der Waals surface area (Å²) in [7, 11) is 0. The first-order valence-electron chi connectivity index (χ1n) is 10.6. The standard InChI is InChI=1S/C27H18ClFN2O5/c1-2-11-35-23-9-6-19(28)14-17(23)5-10-25(32)30-21-7-4-18(15-20(21)29)27-31-22-12-16(13-26(33)34)3-8-24(22)36-27/h1,3-10,12,14-15H,11,13H2,(H,30,32)(H,33,34)/b10-5+. The summed E-state index contributed by atoms with van der Waals surface area (Å²) >= 11 is 6.02. The van der Waals surface area contributed by atoms with Crippen LogP contribution in [0.4, 0.5) is 10.1 Å². The fourth-order valence-electron chi connectivity index (χ4n) is 3.37. The van der Waals surface area contributed by atoms with Crippen molar-refractivity contribution >= 4 is 46.3 Å². The number of carbonyl (C=O) groups is 2. The van der Waals surface area contributed by atoms with Crippen LogP contribution in [0.25, 0.3) is 28.6 Å². The number of terminal acetylenes is 1. The molecule has 36 heavy (non-hydrogen) atoms. The van der Waals surface area contributed by atoms with Crippen molar-refractivity contribution in [3.8, 4) is 29.5 Å². The molecule has 0 atom stereocenters. The highest BCUT2D eigenvalue weighted by atomic mass is 35.5. The van der Waals surface area contributed by atoms with Gasteiger partial charge in [-0.2, -0.15) is 0 Å². The first kappa shape index (κ1) is 24.5. The summed E-state index contributed by atoms with van der Waals surface area (Å²) in [6.07, 6.45) is 7.77. The summed E-state index contributed by atoms with van der Waals surface area (Å²) in [5, 5.41) is 11.9. The molecule has 4 rings (SSSR count). The zero-order valence-corrected chi connectivity index (χ0v) is 19.4. The minimum Gasteiger partial charge on any atom is -0.481 e. The largest absolute Gasteiger partial charge is 0.481 e. The third-order valence-electron chi connectivity index (χ3n) is 4.98. The maximum Gasteiger partial charge on any atom is 0.307 e. The molecule has 9 heteroatoms. The number of halogens is 2. The van der Waals surface area contributed by atoms with E-state index in [-0.39, 0.29) is 24.6 Å². The molecule has 1 heterocycles. The quantitative estimate of drug-likeness (QED) is 0.240. The molecule has 1 aromatic heterocycles. The van der Waals surface area contributed by atoms with Crippen molar-refractivity contribution in [1.82, 2.24) is 4.98 Å². The van der Waals surface area contributed by atoms with Gasteiger partial charge in [0.15, 0.2) is 5.58 Å². The molecule has 0 aliphatic carbocycles. The highest BCUT2D eigenvalue weighted by Gasteiger charge is 2.13. The first-order chi connectivity index (χ1) is 17.3. The van der Waals surface area contributed by atoms with Crippen LogP contribution in [0.2, 0.25) is 5.02 Å². The van der Waals surface area contributed by atoms with Crippen LogP contribution in [0.3, 0.4) is 0 Å². The molecule has 180 valence electrons. The molecule has 3 aromatic carbocycles. The smallest absolute Gasteiger partial charge is 0.307 e. The lowest BCUT2D eigenvalue weighted by Crippen LogP contribution is -2.09. The van der Waals surface area contributed by atoms with E-state index in [1.165, 1.54) is 24.3 Å². The summed E-state index contributed by atoms with van der Waals surface area (Å²) in [5.41, 5.74) is 2.31. The molecule has 0 unspecified atom stereocenters. The lowest BCUT2D eigenvalue weighted by Gasteiger charge is -2.07. The number of carbonyl (C=O) groups excluding carboxylic acids is 1. The number of carboxylic acid groups (broad SMARTS) is 1. The number of oxazole rings is 1. The lowest BCUT2D eigenvalue weighted by atomic mass is 10.1. The van der Waals surface area contributed by atoms with Crippen molar-refractivity contribution < 1.29 is 28.2 Å². The minimum atomic E-state index is -0.960. The van der Waals surface area contributed by atoms with Gasteiger partial charge in [-0.25, -0.2) is 9.37 Å². The zero-order chi connectivity index (χ0) is 25.7. The van der Waals surface area contributed by atoms with Crippen LogP contribution in [0.1, 0.15) is 11.1 Å². The Labute approximate surface area is 210 Å². The number of aliphatic carboxylic acids is 1. The Morgan fingerprint density at radius 3 is 2.78 bits per heavy atom. The van der Waals surface area contributed by atoms with E-state index in [1.807, 2.05) is 0 Å². The van der Waals surface area contributed by atoms with Crippen molar-refractivity contribution in [1.29, 1.82) is 0 Å². The predicted octanol–water partition coefficient (Wildman–Crippen LogP) is 5.58. The third kappa shape index (κ3) is 5.90. The second kappa shape index (κ2) is 10.8. The monoisotopic (exact) mass is 504 g/mol. The molecule has 0 saturated heterocycles. The summed E-state index contributed by atoms with van der Waals surface area (Å²) in [5.74, 6) is 0.750. The van der Waals surface area contributed by atoms with Crippen molar-refractivity contribution in [3.63, 3.8) is 0 Å². The number of nitrogens with one attached hydrogen (secondary N) is 1. The Hall–Kier alpha value is -4.61. The number of ether oxygens (including phenoxy) is 1. The topological polar surface area (TPSA) is 102 Å². The first-order valence-corrected chi connectivity index (χ1v) is 11.0. The fourth-order valence-corrected chi connectivity index (χ4v) is 3.55. The summed E-state index contributed by atoms with van der Waals surface area (Å²) < 4.78 is 25.8. The van der Waals surface area contributed by atoms with Crippen LogP contribution >= 0.6 is 11.6 Å². The normalized spacial score (nSPS) is 10.9. The molecule has 0 aliphatic heterocycles. The third-order valence-corrected chi connectivity index (χ3v) is 5.21. The highest BCUT2D eigenvalue weighted by Crippen LogP contribution is 2.28. The highest BCUT2D eigenvalue weighted by molar-refractivity contribution is 6.30. The van der Waals surface area contributed by atoms with E-state index in [9.17, 15) is 14.0 Å². The SMILES string of the molecule is C#CCOc1ccc(Cl)cc1/C=C/C(=O)Nc1ccc(-c2nc3cc(CC(=O)O)ccc3o2)cc1F. The molecule has 4 aromatic rings. The molecule has 0 bridgehead atoms. The van der Waals surface area contributed by atoms with Crippen LogP contribution < -0.4 is 10.1 Å². The Bertz CT molecular complexity index is 1540. The van der Waals surface area contributed by atoms with Gasteiger partial charge in [0.25, 0.3) is 0 Å². The van der Waals surface area contributed by atoms with Gasteiger partial charge in [-0.05, 0) is 60.2 Å². The molecule has 0 saturated carbocycles. The number of carboxylic acids is 1. The van der Waals surface area contributed by atoms with Gasteiger partial charge in [-0.1, -0.05) is 23.6 Å². The minimum absolute atomic E-state index is 0.0387. The number of amides is 1. The Balaban J connectivity index is 1.49. The number of hydrogen-bond donors (Lipinski definition) is 2. The Morgan fingerprint density at radius 1 is 1.19 bits per heavy atom. The van der Waals surface area contributed by atoms with Gasteiger partial charge in [0.1, 0.15) is 23.7 Å². The van der Waals surface area contributed by atoms with Crippen molar-refractivity contribution in [2.24, 2.45) is 0 Å². The van der Waals surface area contributed by atoms with E-state index in [2.05, 4.69) is 16.2 Å². The molecular formula is C27H18ClFN2O5. The van der Waals surface area contributed by atoms with Gasteiger partial charge >= 0.3 is 5.97 Å². The van der Waals surface area contributed by atoms with Crippen molar-refractivity contribution in [2.75, 3.05) is 11.9 Å². The van der Waals surface area contributed by atoms with Gasteiger partial charge in [0, 0.05) is 22.2 Å². The van der Waals surface area contributed by atoms with E-state index >= 15 is 0 Å². The van der Waals surface area contributed by atoms with Crippen LogP contribution in [-0.2, 0) is 16.0 Å². The number of fused-ring (bicyclic) bond motifs is 1.